The molecule has 0 saturated carbocycles. The van der Waals surface area contributed by atoms with Crippen LogP contribution < -0.4 is 16.7 Å². The topological polar surface area (TPSA) is 93.7 Å². The molecule has 0 bridgehead atoms. The van der Waals surface area contributed by atoms with Crippen molar-refractivity contribution in [2.24, 2.45) is 15.8 Å². The summed E-state index contributed by atoms with van der Waals surface area (Å²) in [6.07, 6.45) is 0.0193. The number of likely N-dealkylation sites (N-methyl/N-ethyl adjacent to an activating group) is 1. The molecule has 0 radical (unpaired) electrons. The van der Waals surface area contributed by atoms with Gasteiger partial charge in [-0.15, -0.1) is 10.2 Å². The van der Waals surface area contributed by atoms with Crippen molar-refractivity contribution in [1.29, 1.82) is 0 Å². The van der Waals surface area contributed by atoms with E-state index in [0.29, 0.717) is 18.9 Å². The number of hydrogen-bond donors (Lipinski definition) is 3. The lowest BCUT2D eigenvalue weighted by Crippen LogP contribution is -2.50. The number of hydrazone groups is 1. The van der Waals surface area contributed by atoms with Crippen molar-refractivity contribution >= 4 is 11.7 Å². The molecule has 4 unspecified atom stereocenters. The van der Waals surface area contributed by atoms with E-state index < -0.39 is 23.8 Å². The third-order valence-corrected chi connectivity index (χ3v) is 6.39. The number of nitrogens with two attached hydrogens (primary N) is 1. The summed E-state index contributed by atoms with van der Waals surface area (Å²) in [7, 11) is 3.87. The Morgan fingerprint density at radius 3 is 2.47 bits per heavy atom. The summed E-state index contributed by atoms with van der Waals surface area (Å²) >= 11 is 0. The van der Waals surface area contributed by atoms with Crippen LogP contribution in [0.2, 0.25) is 0 Å². The molecule has 2 fully saturated rings. The average molecular weight is 481 g/mol. The van der Waals surface area contributed by atoms with Gasteiger partial charge in [0.1, 0.15) is 17.7 Å². The molecule has 4 heterocycles. The zero-order chi connectivity index (χ0) is 25.0. The van der Waals surface area contributed by atoms with Gasteiger partial charge in [-0.25, -0.2) is 14.3 Å². The van der Waals surface area contributed by atoms with Gasteiger partial charge >= 0.3 is 0 Å². The summed E-state index contributed by atoms with van der Waals surface area (Å²) in [5, 5.41) is 5.92. The summed E-state index contributed by atoms with van der Waals surface area (Å²) in [6.45, 7) is 10.1. The summed E-state index contributed by atoms with van der Waals surface area (Å²) in [6, 6.07) is 3.52. The van der Waals surface area contributed by atoms with Gasteiger partial charge in [0.05, 0.1) is 18.7 Å². The van der Waals surface area contributed by atoms with Crippen molar-refractivity contribution in [3.8, 4) is 0 Å². The maximum Gasteiger partial charge on any atom is 0.205 e. The predicted molar refractivity (Wildman–Crippen MR) is 130 cm³/mol. The maximum absolute atomic E-state index is 14.2. The van der Waals surface area contributed by atoms with E-state index in [9.17, 15) is 8.78 Å². The van der Waals surface area contributed by atoms with Crippen LogP contribution in [-0.2, 0) is 4.74 Å². The SMILES string of the molecule is CC.CC.CN1NN=C(C2=NC3CN(C4CO[C@H](c5cc(F)ccc5F)C(N)C4)CC3N2C)N1. The molecule has 4 aliphatic heterocycles. The van der Waals surface area contributed by atoms with Gasteiger partial charge < -0.3 is 15.4 Å². The molecule has 0 aromatic heterocycles. The standard InChI is InChI=1S/C19H26F2N8O.2C2H6/c1-27-16-8-29(7-15(16)23-19(27)18-24-26-28(2)25-18)11-6-14(22)17(30-9-11)12-5-10(20)3-4-13(12)21;2*1-2/h3-5,11,14-17,26H,6-9,22H2,1-2H3,(H,24,25);2*1-2H3/t11?,14?,15?,16?,17-;;/m1../s1. The van der Waals surface area contributed by atoms with Crippen molar-refractivity contribution in [2.75, 3.05) is 33.8 Å². The number of hydrazine groups is 2. The van der Waals surface area contributed by atoms with Crippen LogP contribution in [0.25, 0.3) is 0 Å². The van der Waals surface area contributed by atoms with Crippen LogP contribution in [0.3, 0.4) is 0 Å². The molecule has 4 aliphatic rings. The van der Waals surface area contributed by atoms with Gasteiger partial charge in [0.15, 0.2) is 5.84 Å². The fourth-order valence-corrected chi connectivity index (χ4v) is 4.82. The third kappa shape index (κ3) is 5.17. The summed E-state index contributed by atoms with van der Waals surface area (Å²) in [5.41, 5.74) is 12.5. The second kappa shape index (κ2) is 11.4. The number of nitrogens with one attached hydrogen (secondary N) is 2. The van der Waals surface area contributed by atoms with E-state index in [1.54, 1.807) is 5.12 Å². The molecule has 0 amide bonds. The van der Waals surface area contributed by atoms with Gasteiger partial charge in [0.25, 0.3) is 0 Å². The highest BCUT2D eigenvalue weighted by molar-refractivity contribution is 6.40. The van der Waals surface area contributed by atoms with Crippen LogP contribution in [0.4, 0.5) is 8.78 Å². The van der Waals surface area contributed by atoms with Crippen LogP contribution >= 0.6 is 0 Å². The highest BCUT2D eigenvalue weighted by Crippen LogP contribution is 2.34. The van der Waals surface area contributed by atoms with Crippen LogP contribution in [0.5, 0.6) is 0 Å². The molecular weight excluding hydrogens is 442 g/mol. The summed E-state index contributed by atoms with van der Waals surface area (Å²) < 4.78 is 33.7. The van der Waals surface area contributed by atoms with Gasteiger partial charge in [-0.1, -0.05) is 27.7 Å². The highest BCUT2D eigenvalue weighted by Gasteiger charge is 2.46. The second-order valence-electron chi connectivity index (χ2n) is 8.36. The first-order valence-electron chi connectivity index (χ1n) is 12.1. The Morgan fingerprint density at radius 2 is 1.85 bits per heavy atom. The van der Waals surface area contributed by atoms with E-state index in [1.165, 1.54) is 6.07 Å². The first kappa shape index (κ1) is 26.3. The van der Waals surface area contributed by atoms with E-state index >= 15 is 0 Å². The molecule has 5 atom stereocenters. The molecule has 9 nitrogen and oxygen atoms in total. The normalized spacial score (nSPS) is 30.7. The highest BCUT2D eigenvalue weighted by atomic mass is 19.1. The van der Waals surface area contributed by atoms with Crippen LogP contribution in [0.15, 0.2) is 28.3 Å². The number of aliphatic imine (C=N–C) groups is 1. The number of likely N-dealkylation sites (tertiary alicyclic amines) is 1. The van der Waals surface area contributed by atoms with Gasteiger partial charge in [-0.2, -0.15) is 0 Å². The number of ether oxygens (including phenoxy) is 1. The monoisotopic (exact) mass is 480 g/mol. The van der Waals surface area contributed by atoms with Gasteiger partial charge in [0, 0.05) is 44.8 Å². The first-order valence-corrected chi connectivity index (χ1v) is 12.1. The molecule has 0 aliphatic carbocycles. The van der Waals surface area contributed by atoms with Gasteiger partial charge in [-0.3, -0.25) is 15.3 Å². The zero-order valence-corrected chi connectivity index (χ0v) is 20.9. The number of halogens is 2. The van der Waals surface area contributed by atoms with Crippen molar-refractivity contribution in [3.05, 3.63) is 35.4 Å². The predicted octanol–water partition coefficient (Wildman–Crippen LogP) is 1.84. The van der Waals surface area contributed by atoms with Crippen LogP contribution in [-0.4, -0.2) is 84.5 Å². The molecule has 1 aromatic carbocycles. The molecule has 190 valence electrons. The van der Waals surface area contributed by atoms with Gasteiger partial charge in [-0.05, 0) is 24.6 Å². The molecule has 4 N–H and O–H groups in total. The number of rotatable bonds is 3. The maximum atomic E-state index is 14.2. The van der Waals surface area contributed by atoms with E-state index in [1.807, 2.05) is 41.8 Å². The third-order valence-electron chi connectivity index (χ3n) is 6.39. The Morgan fingerprint density at radius 1 is 1.12 bits per heavy atom. The Hall–Kier alpha value is -2.34. The Kier molecular flexibility index (Phi) is 8.80. The number of nitrogens with zero attached hydrogens (tertiary/aromatic N) is 5. The van der Waals surface area contributed by atoms with E-state index in [2.05, 4.69) is 25.9 Å². The fraction of sp³-hybridized carbons (Fsp3) is 0.652. The van der Waals surface area contributed by atoms with E-state index in [4.69, 9.17) is 15.5 Å². The molecule has 1 aromatic rings. The minimum absolute atomic E-state index is 0.125. The number of amidine groups is 2. The minimum Gasteiger partial charge on any atom is -0.370 e. The number of benzene rings is 1. The lowest BCUT2D eigenvalue weighted by molar-refractivity contribution is -0.0479. The van der Waals surface area contributed by atoms with E-state index in [-0.39, 0.29) is 23.7 Å². The molecule has 5 rings (SSSR count). The minimum atomic E-state index is -0.637. The van der Waals surface area contributed by atoms with Crippen molar-refractivity contribution in [1.82, 2.24) is 25.9 Å². The second-order valence-corrected chi connectivity index (χ2v) is 8.36. The fourth-order valence-electron chi connectivity index (χ4n) is 4.82. The zero-order valence-electron chi connectivity index (χ0n) is 20.9. The summed E-state index contributed by atoms with van der Waals surface area (Å²) in [5.74, 6) is 0.581. The quantitative estimate of drug-likeness (QED) is 0.608. The molecule has 34 heavy (non-hydrogen) atoms. The molecular formula is C23H38F2N8O. The Bertz CT molecular complexity index is 898. The number of fused-ring (bicyclic) bond motifs is 1. The summed E-state index contributed by atoms with van der Waals surface area (Å²) in [4.78, 5) is 9.38. The molecule has 11 heteroatoms. The van der Waals surface area contributed by atoms with Crippen molar-refractivity contribution < 1.29 is 13.5 Å². The van der Waals surface area contributed by atoms with Crippen molar-refractivity contribution in [2.45, 2.75) is 64.4 Å². The first-order chi connectivity index (χ1) is 16.4. The van der Waals surface area contributed by atoms with Crippen molar-refractivity contribution in [3.63, 3.8) is 0 Å². The average Bonchev–Trinajstić information content (AvgIpc) is 3.54. The lowest BCUT2D eigenvalue weighted by Gasteiger charge is -2.39. The van der Waals surface area contributed by atoms with Gasteiger partial charge in [0.2, 0.25) is 5.84 Å². The van der Waals surface area contributed by atoms with Crippen LogP contribution in [0, 0.1) is 11.6 Å². The van der Waals surface area contributed by atoms with Crippen LogP contribution in [0.1, 0.15) is 45.8 Å². The molecule has 0 spiro atoms. The van der Waals surface area contributed by atoms with E-state index in [0.717, 1.165) is 31.1 Å². The Labute approximate surface area is 200 Å². The smallest absolute Gasteiger partial charge is 0.205 e. The molecule has 2 saturated heterocycles. The largest absolute Gasteiger partial charge is 0.370 e. The number of hydrogen-bond acceptors (Lipinski definition) is 9. The lowest BCUT2D eigenvalue weighted by atomic mass is 9.93. The Balaban J connectivity index is 0.000000771.